The lowest BCUT2D eigenvalue weighted by atomic mass is 9.74. The Morgan fingerprint density at radius 2 is 1.71 bits per heavy atom. The van der Waals surface area contributed by atoms with E-state index in [1.54, 1.807) is 0 Å². The molecule has 108 valence electrons. The molecule has 0 radical (unpaired) electrons. The molecule has 0 N–H and O–H groups in total. The van der Waals surface area contributed by atoms with Gasteiger partial charge < -0.3 is 0 Å². The highest BCUT2D eigenvalue weighted by molar-refractivity contribution is 5.96. The Morgan fingerprint density at radius 3 is 2.33 bits per heavy atom. The van der Waals surface area contributed by atoms with Crippen LogP contribution in [0, 0.1) is 0 Å². The van der Waals surface area contributed by atoms with Crippen molar-refractivity contribution in [1.29, 1.82) is 0 Å². The van der Waals surface area contributed by atoms with E-state index in [2.05, 4.69) is 57.2 Å². The molecule has 0 saturated carbocycles. The third kappa shape index (κ3) is 2.78. The number of Topliss-reactive ketones (excluding diaryl/α,β-unsaturated/α-hetero) is 1. The fourth-order valence-corrected chi connectivity index (χ4v) is 3.04. The molecule has 1 aliphatic carbocycles. The summed E-state index contributed by atoms with van der Waals surface area (Å²) in [5.74, 6) is 0.672. The van der Waals surface area contributed by atoms with E-state index in [1.165, 1.54) is 16.7 Å². The lowest BCUT2D eigenvalue weighted by Gasteiger charge is -2.29. The maximum Gasteiger partial charge on any atom is 0.163 e. The fourth-order valence-electron chi connectivity index (χ4n) is 3.04. The Balaban J connectivity index is 1.70. The SMILES string of the molecule is CC(C)(C)c1ccc(C(=O)CC2Cc3ccccc32)cc1. The van der Waals surface area contributed by atoms with E-state index in [-0.39, 0.29) is 11.2 Å². The van der Waals surface area contributed by atoms with Gasteiger partial charge in [0.25, 0.3) is 0 Å². The van der Waals surface area contributed by atoms with Gasteiger partial charge in [-0.15, -0.1) is 0 Å². The highest BCUT2D eigenvalue weighted by atomic mass is 16.1. The molecule has 0 bridgehead atoms. The maximum absolute atomic E-state index is 12.4. The Labute approximate surface area is 127 Å². The molecule has 0 saturated heterocycles. The summed E-state index contributed by atoms with van der Waals surface area (Å²) in [6.07, 6.45) is 1.67. The van der Waals surface area contributed by atoms with Gasteiger partial charge >= 0.3 is 0 Å². The number of hydrogen-bond donors (Lipinski definition) is 0. The minimum absolute atomic E-state index is 0.133. The zero-order valence-electron chi connectivity index (χ0n) is 13.0. The first-order valence-electron chi connectivity index (χ1n) is 7.67. The summed E-state index contributed by atoms with van der Waals surface area (Å²) in [5.41, 5.74) is 5.00. The number of fused-ring (bicyclic) bond motifs is 1. The zero-order chi connectivity index (χ0) is 15.0. The molecule has 1 aliphatic rings. The number of ketones is 1. The minimum Gasteiger partial charge on any atom is -0.294 e. The van der Waals surface area contributed by atoms with Crippen LogP contribution in [-0.2, 0) is 11.8 Å². The van der Waals surface area contributed by atoms with Crippen molar-refractivity contribution in [3.05, 3.63) is 70.8 Å². The largest absolute Gasteiger partial charge is 0.294 e. The van der Waals surface area contributed by atoms with Crippen molar-refractivity contribution in [3.63, 3.8) is 0 Å². The smallest absolute Gasteiger partial charge is 0.163 e. The number of carbonyl (C=O) groups is 1. The molecule has 1 atom stereocenters. The van der Waals surface area contributed by atoms with Crippen LogP contribution in [0.4, 0.5) is 0 Å². The Kier molecular flexibility index (Phi) is 3.44. The van der Waals surface area contributed by atoms with E-state index in [4.69, 9.17) is 0 Å². The first-order chi connectivity index (χ1) is 9.95. The minimum atomic E-state index is 0.133. The van der Waals surface area contributed by atoms with Gasteiger partial charge in [-0.3, -0.25) is 4.79 Å². The van der Waals surface area contributed by atoms with Crippen LogP contribution < -0.4 is 0 Å². The van der Waals surface area contributed by atoms with Gasteiger partial charge in [0.05, 0.1) is 0 Å². The van der Waals surface area contributed by atoms with Gasteiger partial charge in [0.1, 0.15) is 0 Å². The van der Waals surface area contributed by atoms with E-state index >= 15 is 0 Å². The van der Waals surface area contributed by atoms with Gasteiger partial charge in [-0.25, -0.2) is 0 Å². The van der Waals surface area contributed by atoms with Crippen molar-refractivity contribution in [1.82, 2.24) is 0 Å². The third-order valence-corrected chi connectivity index (χ3v) is 4.47. The molecule has 1 heteroatoms. The Bertz CT molecular complexity index is 659. The second kappa shape index (κ2) is 5.14. The van der Waals surface area contributed by atoms with Crippen molar-refractivity contribution in [2.45, 2.75) is 44.9 Å². The first-order valence-corrected chi connectivity index (χ1v) is 7.67. The van der Waals surface area contributed by atoms with Crippen LogP contribution in [0.5, 0.6) is 0 Å². The molecule has 0 aliphatic heterocycles. The van der Waals surface area contributed by atoms with Gasteiger partial charge in [-0.05, 0) is 34.4 Å². The van der Waals surface area contributed by atoms with Gasteiger partial charge in [0, 0.05) is 12.0 Å². The lowest BCUT2D eigenvalue weighted by molar-refractivity contribution is 0.0970. The van der Waals surface area contributed by atoms with Gasteiger partial charge in [-0.1, -0.05) is 69.3 Å². The maximum atomic E-state index is 12.4. The Morgan fingerprint density at radius 1 is 1.05 bits per heavy atom. The van der Waals surface area contributed by atoms with E-state index in [0.29, 0.717) is 12.3 Å². The van der Waals surface area contributed by atoms with Crippen LogP contribution in [0.1, 0.15) is 60.2 Å². The molecule has 21 heavy (non-hydrogen) atoms. The van der Waals surface area contributed by atoms with E-state index in [9.17, 15) is 4.79 Å². The highest BCUT2D eigenvalue weighted by Crippen LogP contribution is 2.38. The lowest BCUT2D eigenvalue weighted by Crippen LogP contribution is -2.20. The van der Waals surface area contributed by atoms with Crippen LogP contribution in [0.3, 0.4) is 0 Å². The number of benzene rings is 2. The summed E-state index contributed by atoms with van der Waals surface area (Å²) in [4.78, 5) is 12.4. The normalized spacial score (nSPS) is 17.0. The molecule has 1 unspecified atom stereocenters. The molecular formula is C20H22O. The number of rotatable bonds is 3. The highest BCUT2D eigenvalue weighted by Gasteiger charge is 2.27. The summed E-state index contributed by atoms with van der Waals surface area (Å²) in [7, 11) is 0. The predicted molar refractivity (Wildman–Crippen MR) is 87.0 cm³/mol. The molecule has 0 heterocycles. The summed E-state index contributed by atoms with van der Waals surface area (Å²) < 4.78 is 0. The van der Waals surface area contributed by atoms with Crippen LogP contribution >= 0.6 is 0 Å². The molecular weight excluding hydrogens is 256 g/mol. The summed E-state index contributed by atoms with van der Waals surface area (Å²) in [6.45, 7) is 6.57. The van der Waals surface area contributed by atoms with Gasteiger partial charge in [0.15, 0.2) is 5.78 Å². The van der Waals surface area contributed by atoms with Crippen LogP contribution in [-0.4, -0.2) is 5.78 Å². The van der Waals surface area contributed by atoms with Crippen molar-refractivity contribution >= 4 is 5.78 Å². The summed E-state index contributed by atoms with van der Waals surface area (Å²) in [5, 5.41) is 0. The second-order valence-corrected chi connectivity index (χ2v) is 7.05. The molecule has 0 spiro atoms. The molecule has 0 amide bonds. The predicted octanol–water partition coefficient (Wildman–Crippen LogP) is 4.90. The topological polar surface area (TPSA) is 17.1 Å². The molecule has 2 aromatic carbocycles. The quantitative estimate of drug-likeness (QED) is 0.730. The first kappa shape index (κ1) is 14.1. The van der Waals surface area contributed by atoms with Crippen molar-refractivity contribution in [2.75, 3.05) is 0 Å². The van der Waals surface area contributed by atoms with Gasteiger partial charge in [-0.2, -0.15) is 0 Å². The average Bonchev–Trinajstić information content (AvgIpc) is 2.44. The second-order valence-electron chi connectivity index (χ2n) is 7.05. The van der Waals surface area contributed by atoms with Crippen LogP contribution in [0.2, 0.25) is 0 Å². The molecule has 3 rings (SSSR count). The summed E-state index contributed by atoms with van der Waals surface area (Å²) in [6, 6.07) is 16.6. The van der Waals surface area contributed by atoms with Crippen molar-refractivity contribution in [2.24, 2.45) is 0 Å². The van der Waals surface area contributed by atoms with Crippen molar-refractivity contribution < 1.29 is 4.79 Å². The Hall–Kier alpha value is -1.89. The van der Waals surface area contributed by atoms with Crippen LogP contribution in [0.15, 0.2) is 48.5 Å². The van der Waals surface area contributed by atoms with Gasteiger partial charge in [0.2, 0.25) is 0 Å². The van der Waals surface area contributed by atoms with E-state index < -0.39 is 0 Å². The summed E-state index contributed by atoms with van der Waals surface area (Å²) >= 11 is 0. The monoisotopic (exact) mass is 278 g/mol. The number of carbonyl (C=O) groups excluding carboxylic acids is 1. The van der Waals surface area contributed by atoms with E-state index in [1.807, 2.05) is 12.1 Å². The standard InChI is InChI=1S/C20H22O/c1-20(2,3)17-10-8-14(9-11-17)19(21)13-16-12-15-6-4-5-7-18(15)16/h4-11,16H,12-13H2,1-3H3. The fraction of sp³-hybridized carbons (Fsp3) is 0.350. The molecule has 0 aromatic heterocycles. The number of hydrogen-bond acceptors (Lipinski definition) is 1. The average molecular weight is 278 g/mol. The zero-order valence-corrected chi connectivity index (χ0v) is 13.0. The molecule has 2 aromatic rings. The van der Waals surface area contributed by atoms with Crippen LogP contribution in [0.25, 0.3) is 0 Å². The molecule has 1 nitrogen and oxygen atoms in total. The van der Waals surface area contributed by atoms with E-state index in [0.717, 1.165) is 12.0 Å². The molecule has 0 fully saturated rings. The third-order valence-electron chi connectivity index (χ3n) is 4.47. The van der Waals surface area contributed by atoms with Crippen molar-refractivity contribution in [3.8, 4) is 0 Å².